The van der Waals surface area contributed by atoms with E-state index in [0.717, 1.165) is 5.56 Å². The van der Waals surface area contributed by atoms with Crippen LogP contribution in [0, 0.1) is 5.82 Å². The molecule has 0 saturated heterocycles. The standard InChI is InChI=1S/C14H10BrFN2O/c15-11-6-12(16)14-13(7-17-18(14)8-11)19-9-10-4-2-1-3-5-10/h1-8H,9H2. The Kier molecular flexibility index (Phi) is 3.21. The number of nitrogens with zero attached hydrogens (tertiary/aromatic N) is 2. The summed E-state index contributed by atoms with van der Waals surface area (Å²) in [6.07, 6.45) is 3.21. The molecule has 0 aliphatic rings. The molecule has 1 aromatic carbocycles. The third-order valence-corrected chi connectivity index (χ3v) is 3.17. The molecule has 3 aromatic rings. The highest BCUT2D eigenvalue weighted by Gasteiger charge is 2.11. The Morgan fingerprint density at radius 3 is 2.84 bits per heavy atom. The van der Waals surface area contributed by atoms with Crippen LogP contribution in [-0.2, 0) is 6.61 Å². The lowest BCUT2D eigenvalue weighted by molar-refractivity contribution is 0.309. The lowest BCUT2D eigenvalue weighted by Crippen LogP contribution is -1.96. The van der Waals surface area contributed by atoms with Crippen molar-refractivity contribution in [3.63, 3.8) is 0 Å². The predicted octanol–water partition coefficient (Wildman–Crippen LogP) is 3.81. The average Bonchev–Trinajstić information content (AvgIpc) is 2.81. The number of pyridine rings is 1. The van der Waals surface area contributed by atoms with Gasteiger partial charge >= 0.3 is 0 Å². The molecular weight excluding hydrogens is 311 g/mol. The number of rotatable bonds is 3. The first kappa shape index (κ1) is 12.2. The van der Waals surface area contributed by atoms with Crippen LogP contribution in [-0.4, -0.2) is 9.61 Å². The van der Waals surface area contributed by atoms with Crippen LogP contribution >= 0.6 is 15.9 Å². The van der Waals surface area contributed by atoms with Crippen LogP contribution in [0.1, 0.15) is 5.56 Å². The molecule has 5 heteroatoms. The van der Waals surface area contributed by atoms with Gasteiger partial charge in [0.25, 0.3) is 0 Å². The van der Waals surface area contributed by atoms with Crippen molar-refractivity contribution in [3.8, 4) is 5.75 Å². The Morgan fingerprint density at radius 1 is 1.26 bits per heavy atom. The van der Waals surface area contributed by atoms with Gasteiger partial charge in [-0.1, -0.05) is 30.3 Å². The van der Waals surface area contributed by atoms with Crippen LogP contribution in [0.4, 0.5) is 4.39 Å². The summed E-state index contributed by atoms with van der Waals surface area (Å²) in [4.78, 5) is 0. The van der Waals surface area contributed by atoms with E-state index in [9.17, 15) is 4.39 Å². The van der Waals surface area contributed by atoms with Crippen molar-refractivity contribution in [3.05, 3.63) is 64.6 Å². The van der Waals surface area contributed by atoms with Crippen molar-refractivity contribution >= 4 is 21.4 Å². The maximum Gasteiger partial charge on any atom is 0.168 e. The Hall–Kier alpha value is -1.88. The van der Waals surface area contributed by atoms with Gasteiger partial charge in [-0.25, -0.2) is 8.91 Å². The molecule has 96 valence electrons. The van der Waals surface area contributed by atoms with Gasteiger partial charge in [0.05, 0.1) is 6.20 Å². The van der Waals surface area contributed by atoms with Gasteiger partial charge < -0.3 is 4.74 Å². The molecule has 0 fully saturated rings. The molecule has 0 bridgehead atoms. The fraction of sp³-hybridized carbons (Fsp3) is 0.0714. The van der Waals surface area contributed by atoms with Crippen molar-refractivity contribution < 1.29 is 9.13 Å². The second-order valence-electron chi connectivity index (χ2n) is 4.08. The van der Waals surface area contributed by atoms with Crippen LogP contribution in [0.5, 0.6) is 5.75 Å². The van der Waals surface area contributed by atoms with Gasteiger partial charge in [-0.15, -0.1) is 0 Å². The molecule has 2 aromatic heterocycles. The van der Waals surface area contributed by atoms with E-state index >= 15 is 0 Å². The summed E-state index contributed by atoms with van der Waals surface area (Å²) in [6, 6.07) is 11.1. The Bertz CT molecular complexity index is 712. The van der Waals surface area contributed by atoms with Crippen LogP contribution < -0.4 is 4.74 Å². The van der Waals surface area contributed by atoms with Crippen molar-refractivity contribution in [1.29, 1.82) is 0 Å². The van der Waals surface area contributed by atoms with Gasteiger partial charge in [0.2, 0.25) is 0 Å². The molecule has 0 unspecified atom stereocenters. The van der Waals surface area contributed by atoms with E-state index in [1.165, 1.54) is 16.8 Å². The van der Waals surface area contributed by atoms with Crippen molar-refractivity contribution in [2.75, 3.05) is 0 Å². The molecule has 2 heterocycles. The van der Waals surface area contributed by atoms with Gasteiger partial charge in [0, 0.05) is 10.7 Å². The molecule has 0 aliphatic carbocycles. The molecule has 0 atom stereocenters. The molecule has 0 spiro atoms. The van der Waals surface area contributed by atoms with E-state index in [-0.39, 0.29) is 5.82 Å². The Labute approximate surface area is 117 Å². The highest BCUT2D eigenvalue weighted by atomic mass is 79.9. The zero-order chi connectivity index (χ0) is 13.2. The second kappa shape index (κ2) is 5.01. The number of hydrogen-bond acceptors (Lipinski definition) is 2. The molecular formula is C14H10BrFN2O. The SMILES string of the molecule is Fc1cc(Br)cn2ncc(OCc3ccccc3)c12. The number of halogens is 2. The maximum atomic E-state index is 13.9. The number of aromatic nitrogens is 2. The third-order valence-electron chi connectivity index (χ3n) is 2.74. The molecule has 0 aliphatic heterocycles. The molecule has 3 nitrogen and oxygen atoms in total. The minimum atomic E-state index is -0.366. The Balaban J connectivity index is 1.90. The first-order chi connectivity index (χ1) is 9.24. The first-order valence-corrected chi connectivity index (χ1v) is 6.52. The molecule has 0 saturated carbocycles. The zero-order valence-corrected chi connectivity index (χ0v) is 11.5. The zero-order valence-electron chi connectivity index (χ0n) is 9.88. The monoisotopic (exact) mass is 320 g/mol. The average molecular weight is 321 g/mol. The van der Waals surface area contributed by atoms with E-state index in [0.29, 0.717) is 22.3 Å². The minimum absolute atomic E-state index is 0.346. The van der Waals surface area contributed by atoms with Crippen molar-refractivity contribution in [1.82, 2.24) is 9.61 Å². The highest BCUT2D eigenvalue weighted by Crippen LogP contribution is 2.25. The lowest BCUT2D eigenvalue weighted by Gasteiger charge is -2.05. The molecule has 3 rings (SSSR count). The third kappa shape index (κ3) is 2.46. The summed E-state index contributed by atoms with van der Waals surface area (Å²) in [6.45, 7) is 0.387. The fourth-order valence-corrected chi connectivity index (χ4v) is 2.25. The minimum Gasteiger partial charge on any atom is -0.485 e. The second-order valence-corrected chi connectivity index (χ2v) is 5.00. The van der Waals surface area contributed by atoms with Crippen LogP contribution in [0.25, 0.3) is 5.52 Å². The fourth-order valence-electron chi connectivity index (χ4n) is 1.86. The largest absolute Gasteiger partial charge is 0.485 e. The summed E-state index contributed by atoms with van der Waals surface area (Å²) in [5.74, 6) is 0.0730. The molecule has 19 heavy (non-hydrogen) atoms. The summed E-state index contributed by atoms with van der Waals surface area (Å²) in [7, 11) is 0. The molecule has 0 N–H and O–H groups in total. The van der Waals surface area contributed by atoms with E-state index in [1.54, 1.807) is 6.20 Å². The van der Waals surface area contributed by atoms with Crippen LogP contribution in [0.2, 0.25) is 0 Å². The summed E-state index contributed by atoms with van der Waals surface area (Å²) < 4.78 is 21.6. The van der Waals surface area contributed by atoms with Gasteiger partial charge in [-0.3, -0.25) is 0 Å². The molecule has 0 radical (unpaired) electrons. The van der Waals surface area contributed by atoms with Gasteiger partial charge in [0.1, 0.15) is 12.1 Å². The van der Waals surface area contributed by atoms with E-state index in [4.69, 9.17) is 4.74 Å². The van der Waals surface area contributed by atoms with Crippen LogP contribution in [0.3, 0.4) is 0 Å². The van der Waals surface area contributed by atoms with Gasteiger partial charge in [0.15, 0.2) is 11.6 Å². The van der Waals surface area contributed by atoms with E-state index in [1.807, 2.05) is 30.3 Å². The first-order valence-electron chi connectivity index (χ1n) is 5.73. The summed E-state index contributed by atoms with van der Waals surface area (Å²) in [5, 5.41) is 4.07. The highest BCUT2D eigenvalue weighted by molar-refractivity contribution is 9.10. The summed E-state index contributed by atoms with van der Waals surface area (Å²) >= 11 is 3.23. The maximum absolute atomic E-state index is 13.9. The Morgan fingerprint density at radius 2 is 2.05 bits per heavy atom. The van der Waals surface area contributed by atoms with Crippen LogP contribution in [0.15, 0.2) is 53.3 Å². The number of benzene rings is 1. The topological polar surface area (TPSA) is 26.5 Å². The van der Waals surface area contributed by atoms with Crippen molar-refractivity contribution in [2.45, 2.75) is 6.61 Å². The van der Waals surface area contributed by atoms with Gasteiger partial charge in [-0.2, -0.15) is 5.10 Å². The number of fused-ring (bicyclic) bond motifs is 1. The smallest absolute Gasteiger partial charge is 0.168 e. The molecule has 0 amide bonds. The normalized spacial score (nSPS) is 10.8. The van der Waals surface area contributed by atoms with Gasteiger partial charge in [-0.05, 0) is 27.6 Å². The number of hydrogen-bond donors (Lipinski definition) is 0. The van der Waals surface area contributed by atoms with E-state index in [2.05, 4.69) is 21.0 Å². The van der Waals surface area contributed by atoms with E-state index < -0.39 is 0 Å². The quantitative estimate of drug-likeness (QED) is 0.733. The predicted molar refractivity (Wildman–Crippen MR) is 73.6 cm³/mol. The summed E-state index contributed by atoms with van der Waals surface area (Å²) in [5.41, 5.74) is 1.37. The lowest BCUT2D eigenvalue weighted by atomic mass is 10.2. The number of ether oxygens (including phenoxy) is 1. The van der Waals surface area contributed by atoms with Crippen molar-refractivity contribution in [2.24, 2.45) is 0 Å².